The fraction of sp³-hybridized carbons (Fsp3) is 0.680. The normalized spacial score (nSPS) is 19.4. The molecule has 0 aliphatic carbocycles. The minimum Gasteiger partial charge on any atom is -0.491 e. The lowest BCUT2D eigenvalue weighted by atomic mass is 10.00. The summed E-state index contributed by atoms with van der Waals surface area (Å²) in [5.74, 6) is 1.45. The van der Waals surface area contributed by atoms with Gasteiger partial charge in [0.05, 0.1) is 11.6 Å². The summed E-state index contributed by atoms with van der Waals surface area (Å²) in [4.78, 5) is 30.1. The van der Waals surface area contributed by atoms with Gasteiger partial charge in [-0.25, -0.2) is 0 Å². The van der Waals surface area contributed by atoms with Crippen LogP contribution in [0.15, 0.2) is 24.3 Å². The van der Waals surface area contributed by atoms with Crippen molar-refractivity contribution in [3.63, 3.8) is 0 Å². The quantitative estimate of drug-likeness (QED) is 0.694. The number of hydrogen-bond donors (Lipinski definition) is 0. The number of para-hydroxylation sites is 1. The molecule has 0 unspecified atom stereocenters. The Kier molecular flexibility index (Phi) is 9.67. The van der Waals surface area contributed by atoms with Crippen molar-refractivity contribution in [2.75, 3.05) is 26.2 Å². The first kappa shape index (κ1) is 24.2. The highest BCUT2D eigenvalue weighted by Gasteiger charge is 2.28. The standard InChI is InChI=1S/C25H40N2O3/c1-6-26-15-11-7-8-12-16-27(24(28)17-19(2)3)22(20(4)5)18-30-23-14-10-9-13-21(23)25(26)29/h9-10,13-14,19-20,22H,6-8,11-12,15-18H2,1-5H3/t22-/m1/s1. The maximum Gasteiger partial charge on any atom is 0.257 e. The number of rotatable bonds is 4. The van der Waals surface area contributed by atoms with Crippen LogP contribution in [-0.4, -0.2) is 53.9 Å². The monoisotopic (exact) mass is 416 g/mol. The Morgan fingerprint density at radius 1 is 1.07 bits per heavy atom. The molecule has 2 amide bonds. The minimum absolute atomic E-state index is 0.00960. The molecule has 5 heteroatoms. The maximum atomic E-state index is 13.1. The Hall–Kier alpha value is -2.04. The molecule has 0 radical (unpaired) electrons. The molecule has 1 aliphatic heterocycles. The number of fused-ring (bicyclic) bond motifs is 1. The SMILES string of the molecule is CCN1CCCCCCN(C(=O)CC(C)C)[C@@H](C(C)C)COc2ccccc2C1=O. The van der Waals surface area contributed by atoms with E-state index < -0.39 is 0 Å². The fourth-order valence-electron chi connectivity index (χ4n) is 4.04. The van der Waals surface area contributed by atoms with E-state index in [1.807, 2.05) is 41.0 Å². The van der Waals surface area contributed by atoms with Gasteiger partial charge in [-0.15, -0.1) is 0 Å². The van der Waals surface area contributed by atoms with Crippen LogP contribution in [0.5, 0.6) is 5.75 Å². The predicted octanol–water partition coefficient (Wildman–Crippen LogP) is 5.00. The van der Waals surface area contributed by atoms with Crippen molar-refractivity contribution in [2.45, 2.75) is 72.8 Å². The molecule has 5 nitrogen and oxygen atoms in total. The van der Waals surface area contributed by atoms with Gasteiger partial charge in [-0.3, -0.25) is 9.59 Å². The van der Waals surface area contributed by atoms with Crippen molar-refractivity contribution in [1.29, 1.82) is 0 Å². The average Bonchev–Trinajstić information content (AvgIpc) is 2.70. The average molecular weight is 417 g/mol. The van der Waals surface area contributed by atoms with Gasteiger partial charge in [0.25, 0.3) is 5.91 Å². The maximum absolute atomic E-state index is 13.1. The van der Waals surface area contributed by atoms with E-state index in [-0.39, 0.29) is 23.8 Å². The van der Waals surface area contributed by atoms with Gasteiger partial charge in [0.15, 0.2) is 0 Å². The van der Waals surface area contributed by atoms with E-state index in [4.69, 9.17) is 4.74 Å². The zero-order valence-electron chi connectivity index (χ0n) is 19.5. The molecule has 1 aliphatic rings. The predicted molar refractivity (Wildman–Crippen MR) is 122 cm³/mol. The van der Waals surface area contributed by atoms with Gasteiger partial charge in [-0.05, 0) is 43.7 Å². The molecule has 0 fully saturated rings. The summed E-state index contributed by atoms with van der Waals surface area (Å²) in [5, 5.41) is 0. The summed E-state index contributed by atoms with van der Waals surface area (Å²) in [6, 6.07) is 7.49. The zero-order chi connectivity index (χ0) is 22.1. The zero-order valence-corrected chi connectivity index (χ0v) is 19.5. The molecular weight excluding hydrogens is 376 g/mol. The molecule has 0 saturated carbocycles. The highest BCUT2D eigenvalue weighted by Crippen LogP contribution is 2.24. The van der Waals surface area contributed by atoms with Crippen LogP contribution >= 0.6 is 0 Å². The van der Waals surface area contributed by atoms with Gasteiger partial charge in [-0.2, -0.15) is 0 Å². The van der Waals surface area contributed by atoms with Crippen LogP contribution in [0.4, 0.5) is 0 Å². The third-order valence-corrected chi connectivity index (χ3v) is 5.85. The van der Waals surface area contributed by atoms with Crippen molar-refractivity contribution < 1.29 is 14.3 Å². The van der Waals surface area contributed by atoms with Crippen molar-refractivity contribution in [3.8, 4) is 5.75 Å². The topological polar surface area (TPSA) is 49.9 Å². The van der Waals surface area contributed by atoms with Crippen LogP contribution in [0, 0.1) is 11.8 Å². The second-order valence-corrected chi connectivity index (χ2v) is 9.10. The number of nitrogens with zero attached hydrogens (tertiary/aromatic N) is 2. The lowest BCUT2D eigenvalue weighted by Crippen LogP contribution is -2.47. The Morgan fingerprint density at radius 3 is 2.37 bits per heavy atom. The van der Waals surface area contributed by atoms with Crippen molar-refractivity contribution in [3.05, 3.63) is 29.8 Å². The number of carbonyl (C=O) groups excluding carboxylic acids is 2. The lowest BCUT2D eigenvalue weighted by Gasteiger charge is -2.35. The Morgan fingerprint density at radius 2 is 1.73 bits per heavy atom. The summed E-state index contributed by atoms with van der Waals surface area (Å²) in [6.45, 7) is 13.1. The molecule has 0 saturated heterocycles. The number of benzene rings is 1. The summed E-state index contributed by atoms with van der Waals surface area (Å²) >= 11 is 0. The molecule has 0 spiro atoms. The highest BCUT2D eigenvalue weighted by molar-refractivity contribution is 5.96. The van der Waals surface area contributed by atoms with E-state index in [9.17, 15) is 9.59 Å². The van der Waals surface area contributed by atoms with Crippen molar-refractivity contribution in [2.24, 2.45) is 11.8 Å². The van der Waals surface area contributed by atoms with E-state index in [2.05, 4.69) is 27.7 Å². The third kappa shape index (κ3) is 6.75. The lowest BCUT2D eigenvalue weighted by molar-refractivity contribution is -0.136. The van der Waals surface area contributed by atoms with Gasteiger partial charge in [0.1, 0.15) is 12.4 Å². The Labute approximate surface area is 182 Å². The van der Waals surface area contributed by atoms with E-state index in [0.29, 0.717) is 36.8 Å². The van der Waals surface area contributed by atoms with Gasteiger partial charge < -0.3 is 14.5 Å². The van der Waals surface area contributed by atoms with Crippen LogP contribution in [0.25, 0.3) is 0 Å². The fourth-order valence-corrected chi connectivity index (χ4v) is 4.04. The van der Waals surface area contributed by atoms with Crippen molar-refractivity contribution >= 4 is 11.8 Å². The van der Waals surface area contributed by atoms with Crippen LogP contribution in [-0.2, 0) is 4.79 Å². The molecular formula is C25H40N2O3. The number of ether oxygens (including phenoxy) is 1. The molecule has 168 valence electrons. The van der Waals surface area contributed by atoms with E-state index in [1.165, 1.54) is 0 Å². The van der Waals surface area contributed by atoms with E-state index >= 15 is 0 Å². The Balaban J connectivity index is 2.33. The number of amides is 2. The van der Waals surface area contributed by atoms with Crippen LogP contribution in [0.2, 0.25) is 0 Å². The summed E-state index contributed by atoms with van der Waals surface area (Å²) in [5.41, 5.74) is 0.610. The van der Waals surface area contributed by atoms with Crippen molar-refractivity contribution in [1.82, 2.24) is 9.80 Å². The van der Waals surface area contributed by atoms with Crippen LogP contribution < -0.4 is 4.74 Å². The molecule has 1 heterocycles. The van der Waals surface area contributed by atoms with Crippen LogP contribution in [0.1, 0.15) is 77.1 Å². The second kappa shape index (κ2) is 12.0. The molecule has 1 atom stereocenters. The molecule has 0 N–H and O–H groups in total. The highest BCUT2D eigenvalue weighted by atomic mass is 16.5. The molecule has 1 aromatic carbocycles. The summed E-state index contributed by atoms with van der Waals surface area (Å²) in [6.07, 6.45) is 4.67. The van der Waals surface area contributed by atoms with Gasteiger partial charge >= 0.3 is 0 Å². The first-order valence-electron chi connectivity index (χ1n) is 11.7. The number of carbonyl (C=O) groups is 2. The Bertz CT molecular complexity index is 687. The minimum atomic E-state index is -0.00960. The molecule has 30 heavy (non-hydrogen) atoms. The first-order chi connectivity index (χ1) is 14.3. The summed E-state index contributed by atoms with van der Waals surface area (Å²) in [7, 11) is 0. The van der Waals surface area contributed by atoms with Crippen LogP contribution in [0.3, 0.4) is 0 Å². The second-order valence-electron chi connectivity index (χ2n) is 9.10. The number of hydrogen-bond acceptors (Lipinski definition) is 3. The molecule has 2 rings (SSSR count). The third-order valence-electron chi connectivity index (χ3n) is 5.85. The molecule has 0 bridgehead atoms. The smallest absolute Gasteiger partial charge is 0.257 e. The van der Waals surface area contributed by atoms with E-state index in [1.54, 1.807) is 0 Å². The molecule has 1 aromatic rings. The molecule has 0 aromatic heterocycles. The van der Waals surface area contributed by atoms with E-state index in [0.717, 1.165) is 38.8 Å². The first-order valence-corrected chi connectivity index (χ1v) is 11.7. The van der Waals surface area contributed by atoms with Gasteiger partial charge in [-0.1, -0.05) is 52.7 Å². The van der Waals surface area contributed by atoms with Gasteiger partial charge in [0.2, 0.25) is 5.91 Å². The summed E-state index contributed by atoms with van der Waals surface area (Å²) < 4.78 is 6.21. The largest absolute Gasteiger partial charge is 0.491 e. The van der Waals surface area contributed by atoms with Gasteiger partial charge in [0, 0.05) is 26.1 Å².